The lowest BCUT2D eigenvalue weighted by Gasteiger charge is -2.58. The number of fused-ring (bicyclic) bond motifs is 2. The van der Waals surface area contributed by atoms with Crippen molar-refractivity contribution < 1.29 is 13.2 Å². The molecule has 4 atom stereocenters. The van der Waals surface area contributed by atoms with Gasteiger partial charge in [0.05, 0.1) is 4.90 Å². The van der Waals surface area contributed by atoms with Crippen LogP contribution in [0.4, 0.5) is 5.69 Å². The van der Waals surface area contributed by atoms with Crippen molar-refractivity contribution in [1.82, 2.24) is 14.5 Å². The summed E-state index contributed by atoms with van der Waals surface area (Å²) in [7, 11) is -3.82. The van der Waals surface area contributed by atoms with Crippen molar-refractivity contribution in [3.05, 3.63) is 36.0 Å². The molecule has 0 aliphatic carbocycles. The second-order valence-electron chi connectivity index (χ2n) is 8.79. The van der Waals surface area contributed by atoms with Crippen molar-refractivity contribution in [3.8, 4) is 0 Å². The fraction of sp³-hybridized carbons (Fsp3) is 0.571. The summed E-state index contributed by atoms with van der Waals surface area (Å²) in [6.45, 7) is 3.10. The van der Waals surface area contributed by atoms with E-state index in [-0.39, 0.29) is 22.5 Å². The van der Waals surface area contributed by atoms with Crippen LogP contribution in [0.5, 0.6) is 0 Å². The highest BCUT2D eigenvalue weighted by atomic mass is 32.2. The van der Waals surface area contributed by atoms with Gasteiger partial charge in [-0.05, 0) is 81.3 Å². The zero-order chi connectivity index (χ0) is 20.2. The third-order valence-corrected chi connectivity index (χ3v) is 8.54. The summed E-state index contributed by atoms with van der Waals surface area (Å²) >= 11 is 0. The van der Waals surface area contributed by atoms with Crippen LogP contribution >= 0.6 is 0 Å². The number of amides is 1. The SMILES string of the molecule is Nc1ccc(S(=O)(=O)NC2=CC[C@@H]3[C@H]4CCCN5CCC[C@@H](CN3C2=O)[C@@H]45)cc1. The molecule has 3 saturated heterocycles. The Bertz CT molecular complexity index is 941. The second-order valence-corrected chi connectivity index (χ2v) is 10.5. The van der Waals surface area contributed by atoms with Gasteiger partial charge in [0.15, 0.2) is 0 Å². The number of nitrogens with zero attached hydrogens (tertiary/aromatic N) is 2. The zero-order valence-electron chi connectivity index (χ0n) is 16.5. The maximum Gasteiger partial charge on any atom is 0.270 e. The van der Waals surface area contributed by atoms with Crippen molar-refractivity contribution in [2.75, 3.05) is 25.4 Å². The largest absolute Gasteiger partial charge is 0.399 e. The van der Waals surface area contributed by atoms with Gasteiger partial charge in [-0.3, -0.25) is 14.4 Å². The molecule has 0 unspecified atom stereocenters. The van der Waals surface area contributed by atoms with Gasteiger partial charge in [0, 0.05) is 24.3 Å². The third kappa shape index (κ3) is 3.22. The van der Waals surface area contributed by atoms with E-state index in [1.165, 1.54) is 38.1 Å². The molecule has 29 heavy (non-hydrogen) atoms. The van der Waals surface area contributed by atoms with E-state index in [0.29, 0.717) is 30.0 Å². The number of nitrogens with two attached hydrogens (primary N) is 1. The Morgan fingerprint density at radius 1 is 1.07 bits per heavy atom. The molecule has 0 saturated carbocycles. The van der Waals surface area contributed by atoms with Gasteiger partial charge in [0.25, 0.3) is 15.9 Å². The lowest BCUT2D eigenvalue weighted by atomic mass is 9.68. The molecular formula is C21H28N4O3S. The van der Waals surface area contributed by atoms with Gasteiger partial charge in [-0.25, -0.2) is 8.42 Å². The molecule has 1 aromatic rings. The maximum atomic E-state index is 13.3. The number of carbonyl (C=O) groups excluding carboxylic acids is 1. The number of benzene rings is 1. The second kappa shape index (κ2) is 7.02. The molecule has 0 radical (unpaired) electrons. The predicted octanol–water partition coefficient (Wildman–Crippen LogP) is 1.54. The van der Waals surface area contributed by atoms with Crippen LogP contribution in [-0.2, 0) is 14.8 Å². The molecule has 5 rings (SSSR count). The molecule has 3 fully saturated rings. The van der Waals surface area contributed by atoms with Crippen LogP contribution in [0.3, 0.4) is 0 Å². The van der Waals surface area contributed by atoms with Crippen LogP contribution in [0.25, 0.3) is 0 Å². The summed E-state index contributed by atoms with van der Waals surface area (Å²) < 4.78 is 28.0. The van der Waals surface area contributed by atoms with Gasteiger partial charge in [0.2, 0.25) is 0 Å². The van der Waals surface area contributed by atoms with E-state index in [1.807, 2.05) is 4.90 Å². The number of piperidine rings is 3. The van der Waals surface area contributed by atoms with E-state index >= 15 is 0 Å². The first-order chi connectivity index (χ1) is 13.9. The molecule has 0 spiro atoms. The summed E-state index contributed by atoms with van der Waals surface area (Å²) in [5, 5.41) is 0. The lowest BCUT2D eigenvalue weighted by molar-refractivity contribution is -0.143. The highest BCUT2D eigenvalue weighted by molar-refractivity contribution is 7.89. The lowest BCUT2D eigenvalue weighted by Crippen LogP contribution is -2.66. The molecule has 156 valence electrons. The van der Waals surface area contributed by atoms with Crippen LogP contribution in [0.2, 0.25) is 0 Å². The first-order valence-corrected chi connectivity index (χ1v) is 12.1. The summed E-state index contributed by atoms with van der Waals surface area (Å²) in [6, 6.07) is 6.79. The van der Waals surface area contributed by atoms with Crippen LogP contribution in [0.1, 0.15) is 32.1 Å². The van der Waals surface area contributed by atoms with Crippen molar-refractivity contribution in [3.63, 3.8) is 0 Å². The summed E-state index contributed by atoms with van der Waals surface area (Å²) in [4.78, 5) is 18.0. The van der Waals surface area contributed by atoms with E-state index < -0.39 is 10.0 Å². The minimum Gasteiger partial charge on any atom is -0.399 e. The average molecular weight is 417 g/mol. The zero-order valence-corrected chi connectivity index (χ0v) is 17.3. The van der Waals surface area contributed by atoms with E-state index in [0.717, 1.165) is 19.4 Å². The number of nitrogen functional groups attached to an aromatic ring is 1. The van der Waals surface area contributed by atoms with Gasteiger partial charge >= 0.3 is 0 Å². The number of hydrogen-bond acceptors (Lipinski definition) is 5. The molecule has 4 aliphatic heterocycles. The monoisotopic (exact) mass is 416 g/mol. The number of hydrogen-bond donors (Lipinski definition) is 2. The molecule has 7 nitrogen and oxygen atoms in total. The number of rotatable bonds is 3. The average Bonchev–Trinajstić information content (AvgIpc) is 2.71. The standard InChI is InChI=1S/C21H28N4O3S/c22-15-5-7-16(8-6-15)29(27,28)23-18-9-10-19-17-4-2-12-24-11-1-3-14(20(17)24)13-25(19)21(18)26/h5-9,14,17,19-20,23H,1-4,10-13,22H2/t14-,17+,19+,20-/m0/s1. The molecule has 1 amide bonds. The Labute approximate surface area is 172 Å². The van der Waals surface area contributed by atoms with Crippen molar-refractivity contribution in [1.29, 1.82) is 0 Å². The van der Waals surface area contributed by atoms with Crippen molar-refractivity contribution in [2.45, 2.75) is 49.1 Å². The number of anilines is 1. The first-order valence-electron chi connectivity index (χ1n) is 10.6. The Kier molecular flexibility index (Phi) is 4.58. The van der Waals surface area contributed by atoms with Crippen LogP contribution in [-0.4, -0.2) is 55.8 Å². The van der Waals surface area contributed by atoms with Gasteiger partial charge in [-0.15, -0.1) is 0 Å². The van der Waals surface area contributed by atoms with Gasteiger partial charge < -0.3 is 10.6 Å². The molecule has 0 bridgehead atoms. The maximum absolute atomic E-state index is 13.3. The third-order valence-electron chi connectivity index (χ3n) is 7.16. The van der Waals surface area contributed by atoms with Gasteiger partial charge in [-0.1, -0.05) is 6.08 Å². The number of sulfonamides is 1. The molecule has 4 aliphatic rings. The number of nitrogens with one attached hydrogen (secondary N) is 1. The minimum atomic E-state index is -3.82. The Morgan fingerprint density at radius 3 is 2.55 bits per heavy atom. The van der Waals surface area contributed by atoms with E-state index in [4.69, 9.17) is 5.73 Å². The normalized spacial score (nSPS) is 32.2. The first kappa shape index (κ1) is 18.9. The van der Waals surface area contributed by atoms with Crippen LogP contribution < -0.4 is 10.5 Å². The number of carbonyl (C=O) groups is 1. The highest BCUT2D eigenvalue weighted by Crippen LogP contribution is 2.44. The topological polar surface area (TPSA) is 95.7 Å². The minimum absolute atomic E-state index is 0.108. The molecule has 0 aromatic heterocycles. The van der Waals surface area contributed by atoms with Gasteiger partial charge in [-0.2, -0.15) is 0 Å². The van der Waals surface area contributed by atoms with Crippen molar-refractivity contribution in [2.24, 2.45) is 11.8 Å². The Hall–Kier alpha value is -2.06. The smallest absolute Gasteiger partial charge is 0.270 e. The molecule has 4 heterocycles. The Morgan fingerprint density at radius 2 is 1.79 bits per heavy atom. The van der Waals surface area contributed by atoms with E-state index in [2.05, 4.69) is 9.62 Å². The molecule has 8 heteroatoms. The quantitative estimate of drug-likeness (QED) is 0.729. The Balaban J connectivity index is 1.39. The molecule has 3 N–H and O–H groups in total. The van der Waals surface area contributed by atoms with Crippen LogP contribution in [0.15, 0.2) is 40.9 Å². The molecule has 1 aromatic carbocycles. The van der Waals surface area contributed by atoms with E-state index in [9.17, 15) is 13.2 Å². The highest BCUT2D eigenvalue weighted by Gasteiger charge is 2.50. The summed E-state index contributed by atoms with van der Waals surface area (Å²) in [5.41, 5.74) is 6.33. The van der Waals surface area contributed by atoms with Crippen molar-refractivity contribution >= 4 is 21.6 Å². The van der Waals surface area contributed by atoms with Crippen LogP contribution in [0, 0.1) is 11.8 Å². The summed E-state index contributed by atoms with van der Waals surface area (Å²) in [5.74, 6) is 0.821. The fourth-order valence-electron chi connectivity index (χ4n) is 5.95. The van der Waals surface area contributed by atoms with Gasteiger partial charge in [0.1, 0.15) is 5.70 Å². The predicted molar refractivity (Wildman–Crippen MR) is 110 cm³/mol. The van der Waals surface area contributed by atoms with E-state index in [1.54, 1.807) is 18.2 Å². The fourth-order valence-corrected chi connectivity index (χ4v) is 7.02. The summed E-state index contributed by atoms with van der Waals surface area (Å²) in [6.07, 6.45) is 7.20. The molecular weight excluding hydrogens is 388 g/mol.